The van der Waals surface area contributed by atoms with Crippen LogP contribution in [0.25, 0.3) is 0 Å². The Bertz CT molecular complexity index is 588. The van der Waals surface area contributed by atoms with E-state index in [-0.39, 0.29) is 23.2 Å². The lowest BCUT2D eigenvalue weighted by Crippen LogP contribution is -2.34. The van der Waals surface area contributed by atoms with Gasteiger partial charge < -0.3 is 14.8 Å². The first-order chi connectivity index (χ1) is 8.85. The first-order valence-corrected chi connectivity index (χ1v) is 7.42. The minimum atomic E-state index is -3.81. The molecule has 1 aliphatic carbocycles. The summed E-state index contributed by atoms with van der Waals surface area (Å²) in [5, 5.41) is 17.9. The van der Waals surface area contributed by atoms with E-state index in [9.17, 15) is 13.2 Å². The van der Waals surface area contributed by atoms with Crippen molar-refractivity contribution in [3.8, 4) is 0 Å². The van der Waals surface area contributed by atoms with Crippen LogP contribution >= 0.6 is 0 Å². The van der Waals surface area contributed by atoms with E-state index in [4.69, 9.17) is 10.2 Å². The summed E-state index contributed by atoms with van der Waals surface area (Å²) >= 11 is 0. The third kappa shape index (κ3) is 2.96. The van der Waals surface area contributed by atoms with Gasteiger partial charge in [0.2, 0.25) is 10.0 Å². The highest BCUT2D eigenvalue weighted by Crippen LogP contribution is 2.37. The van der Waals surface area contributed by atoms with E-state index >= 15 is 0 Å². The lowest BCUT2D eigenvalue weighted by Gasteiger charge is -2.09. The van der Waals surface area contributed by atoms with Crippen LogP contribution in [0.4, 0.5) is 0 Å². The molecule has 0 aromatic carbocycles. The molecule has 0 saturated heterocycles. The second-order valence-electron chi connectivity index (χ2n) is 4.71. The molecule has 1 fully saturated rings. The number of aromatic nitrogens is 1. The summed E-state index contributed by atoms with van der Waals surface area (Å²) in [6.07, 6.45) is 3.05. The number of sulfonamides is 1. The molecule has 106 valence electrons. The van der Waals surface area contributed by atoms with E-state index in [1.54, 1.807) is 0 Å². The zero-order valence-electron chi connectivity index (χ0n) is 10.4. The quantitative estimate of drug-likeness (QED) is 0.692. The fourth-order valence-electron chi connectivity index (χ4n) is 1.80. The van der Waals surface area contributed by atoms with Crippen molar-refractivity contribution in [2.45, 2.75) is 36.7 Å². The summed E-state index contributed by atoms with van der Waals surface area (Å²) in [6, 6.07) is 0.598. The smallest absolute Gasteiger partial charge is 0.352 e. The fourth-order valence-corrected chi connectivity index (χ4v) is 3.06. The van der Waals surface area contributed by atoms with Crippen molar-refractivity contribution in [2.24, 2.45) is 0 Å². The SMILES string of the molecule is CC(CO)NS(=O)(=O)c1cc(C(=O)O)n(C2CC2)c1. The number of aliphatic hydroxyl groups excluding tert-OH is 1. The van der Waals surface area contributed by atoms with E-state index in [1.807, 2.05) is 0 Å². The molecule has 0 bridgehead atoms. The molecule has 1 aliphatic rings. The summed E-state index contributed by atoms with van der Waals surface area (Å²) in [7, 11) is -3.81. The molecular formula is C11H16N2O5S. The monoisotopic (exact) mass is 288 g/mol. The average Bonchev–Trinajstić information content (AvgIpc) is 3.06. The molecule has 1 aromatic heterocycles. The van der Waals surface area contributed by atoms with E-state index in [1.165, 1.54) is 17.7 Å². The van der Waals surface area contributed by atoms with Crippen molar-refractivity contribution in [1.82, 2.24) is 9.29 Å². The number of nitrogens with zero attached hydrogens (tertiary/aromatic N) is 1. The number of carbonyl (C=O) groups is 1. The summed E-state index contributed by atoms with van der Waals surface area (Å²) in [6.45, 7) is 1.20. The molecule has 3 N–H and O–H groups in total. The zero-order valence-corrected chi connectivity index (χ0v) is 11.2. The zero-order chi connectivity index (χ0) is 14.2. The highest BCUT2D eigenvalue weighted by Gasteiger charge is 2.30. The standard InChI is InChI=1S/C11H16N2O5S/c1-7(6-14)12-19(17,18)9-4-10(11(15)16)13(5-9)8-2-3-8/h4-5,7-8,12,14H,2-3,6H2,1H3,(H,15,16). The van der Waals surface area contributed by atoms with Crippen molar-refractivity contribution in [3.05, 3.63) is 18.0 Å². The highest BCUT2D eigenvalue weighted by molar-refractivity contribution is 7.89. The number of aliphatic hydroxyl groups is 1. The van der Waals surface area contributed by atoms with Crippen LogP contribution in [0.3, 0.4) is 0 Å². The molecule has 1 aromatic rings. The topological polar surface area (TPSA) is 109 Å². The third-order valence-electron chi connectivity index (χ3n) is 2.92. The predicted octanol–water partition coefficient (Wildman–Crippen LogP) is 0.180. The number of hydrogen-bond donors (Lipinski definition) is 3. The second kappa shape index (κ2) is 4.95. The molecule has 1 heterocycles. The Morgan fingerprint density at radius 2 is 2.21 bits per heavy atom. The molecule has 0 aliphatic heterocycles. The van der Waals surface area contributed by atoms with Gasteiger partial charge in [-0.25, -0.2) is 17.9 Å². The highest BCUT2D eigenvalue weighted by atomic mass is 32.2. The van der Waals surface area contributed by atoms with Gasteiger partial charge in [0.1, 0.15) is 10.6 Å². The molecule has 1 saturated carbocycles. The lowest BCUT2D eigenvalue weighted by atomic mass is 10.4. The molecular weight excluding hydrogens is 272 g/mol. The van der Waals surface area contributed by atoms with Crippen LogP contribution in [0.15, 0.2) is 17.2 Å². The van der Waals surface area contributed by atoms with Crippen LogP contribution in [0.2, 0.25) is 0 Å². The molecule has 2 rings (SSSR count). The van der Waals surface area contributed by atoms with Gasteiger partial charge in [-0.3, -0.25) is 0 Å². The van der Waals surface area contributed by atoms with Crippen molar-refractivity contribution >= 4 is 16.0 Å². The predicted molar refractivity (Wildman–Crippen MR) is 66.5 cm³/mol. The van der Waals surface area contributed by atoms with Crippen LogP contribution in [-0.4, -0.2) is 41.8 Å². The number of carboxylic acids is 1. The lowest BCUT2D eigenvalue weighted by molar-refractivity contribution is 0.0685. The van der Waals surface area contributed by atoms with E-state index in [0.29, 0.717) is 0 Å². The Kier molecular flexibility index (Phi) is 3.66. The number of carboxylic acid groups (broad SMARTS) is 1. The molecule has 1 atom stereocenters. The van der Waals surface area contributed by atoms with Crippen LogP contribution < -0.4 is 4.72 Å². The second-order valence-corrected chi connectivity index (χ2v) is 6.42. The first-order valence-electron chi connectivity index (χ1n) is 5.93. The maximum atomic E-state index is 12.0. The molecule has 0 spiro atoms. The van der Waals surface area contributed by atoms with Crippen LogP contribution in [0, 0.1) is 0 Å². The van der Waals surface area contributed by atoms with Crippen molar-refractivity contribution in [3.63, 3.8) is 0 Å². The van der Waals surface area contributed by atoms with Gasteiger partial charge in [-0.1, -0.05) is 0 Å². The Morgan fingerprint density at radius 3 is 2.68 bits per heavy atom. The van der Waals surface area contributed by atoms with Crippen molar-refractivity contribution < 1.29 is 23.4 Å². The summed E-state index contributed by atoms with van der Waals surface area (Å²) < 4.78 is 27.8. The van der Waals surface area contributed by atoms with Crippen molar-refractivity contribution in [1.29, 1.82) is 0 Å². The number of rotatable bonds is 6. The van der Waals surface area contributed by atoms with Crippen LogP contribution in [-0.2, 0) is 10.0 Å². The molecule has 8 heteroatoms. The number of aromatic carboxylic acids is 1. The van der Waals surface area contributed by atoms with Gasteiger partial charge in [-0.15, -0.1) is 0 Å². The van der Waals surface area contributed by atoms with Gasteiger partial charge in [0.25, 0.3) is 0 Å². The van der Waals surface area contributed by atoms with E-state index in [2.05, 4.69) is 4.72 Å². The summed E-state index contributed by atoms with van der Waals surface area (Å²) in [5.41, 5.74) is -0.0282. The maximum Gasteiger partial charge on any atom is 0.352 e. The van der Waals surface area contributed by atoms with Crippen LogP contribution in [0.1, 0.15) is 36.3 Å². The summed E-state index contributed by atoms with van der Waals surface area (Å²) in [4.78, 5) is 11.0. The molecule has 0 amide bonds. The molecule has 0 radical (unpaired) electrons. The van der Waals surface area contributed by atoms with Crippen LogP contribution in [0.5, 0.6) is 0 Å². The van der Waals surface area contributed by atoms with Gasteiger partial charge in [0, 0.05) is 18.3 Å². The molecule has 19 heavy (non-hydrogen) atoms. The van der Waals surface area contributed by atoms with Gasteiger partial charge >= 0.3 is 5.97 Å². The Morgan fingerprint density at radius 1 is 1.58 bits per heavy atom. The third-order valence-corrected chi connectivity index (χ3v) is 4.48. The summed E-state index contributed by atoms with van der Waals surface area (Å²) in [5.74, 6) is -1.15. The minimum Gasteiger partial charge on any atom is -0.477 e. The first kappa shape index (κ1) is 14.0. The molecule has 1 unspecified atom stereocenters. The van der Waals surface area contributed by atoms with Crippen molar-refractivity contribution in [2.75, 3.05) is 6.61 Å². The fraction of sp³-hybridized carbons (Fsp3) is 0.545. The van der Waals surface area contributed by atoms with E-state index < -0.39 is 22.0 Å². The Balaban J connectivity index is 2.35. The largest absolute Gasteiger partial charge is 0.477 e. The average molecular weight is 288 g/mol. The minimum absolute atomic E-state index is 0.0282. The Labute approximate surface area is 110 Å². The van der Waals surface area contributed by atoms with Gasteiger partial charge in [-0.05, 0) is 25.8 Å². The number of nitrogens with one attached hydrogen (secondary N) is 1. The maximum absolute atomic E-state index is 12.0. The molecule has 7 nitrogen and oxygen atoms in total. The number of hydrogen-bond acceptors (Lipinski definition) is 4. The normalized spacial score (nSPS) is 17.4. The van der Waals surface area contributed by atoms with E-state index in [0.717, 1.165) is 18.9 Å². The van der Waals surface area contributed by atoms with Gasteiger partial charge in [0.05, 0.1) is 6.61 Å². The van der Waals surface area contributed by atoms with Gasteiger partial charge in [-0.2, -0.15) is 0 Å². The van der Waals surface area contributed by atoms with Gasteiger partial charge in [0.15, 0.2) is 0 Å². The Hall–Kier alpha value is -1.38.